The van der Waals surface area contributed by atoms with Crippen LogP contribution < -0.4 is 5.32 Å². The van der Waals surface area contributed by atoms with Crippen molar-refractivity contribution in [1.82, 2.24) is 5.32 Å². The molecular formula is C44H83NO3. The van der Waals surface area contributed by atoms with Gasteiger partial charge in [0.15, 0.2) is 0 Å². The summed E-state index contributed by atoms with van der Waals surface area (Å²) in [7, 11) is 0. The van der Waals surface area contributed by atoms with E-state index in [0.29, 0.717) is 6.42 Å². The normalized spacial score (nSPS) is 13.3. The van der Waals surface area contributed by atoms with Crippen molar-refractivity contribution < 1.29 is 15.0 Å². The topological polar surface area (TPSA) is 69.6 Å². The highest BCUT2D eigenvalue weighted by Crippen LogP contribution is 2.16. The Hall–Kier alpha value is -1.39. The van der Waals surface area contributed by atoms with Crippen molar-refractivity contribution in [1.29, 1.82) is 0 Å². The zero-order valence-electron chi connectivity index (χ0n) is 32.3. The molecule has 0 bridgehead atoms. The van der Waals surface area contributed by atoms with E-state index in [4.69, 9.17) is 0 Å². The van der Waals surface area contributed by atoms with Crippen LogP contribution in [-0.2, 0) is 4.79 Å². The van der Waals surface area contributed by atoms with Crippen molar-refractivity contribution in [2.75, 3.05) is 6.61 Å². The summed E-state index contributed by atoms with van der Waals surface area (Å²) in [5, 5.41) is 22.9. The highest BCUT2D eigenvalue weighted by molar-refractivity contribution is 5.76. The van der Waals surface area contributed by atoms with Gasteiger partial charge in [0.1, 0.15) is 0 Å². The predicted molar refractivity (Wildman–Crippen MR) is 212 cm³/mol. The van der Waals surface area contributed by atoms with Crippen LogP contribution in [0.4, 0.5) is 0 Å². The molecule has 0 spiro atoms. The molecule has 0 aromatic rings. The van der Waals surface area contributed by atoms with Gasteiger partial charge >= 0.3 is 0 Å². The van der Waals surface area contributed by atoms with E-state index in [9.17, 15) is 15.0 Å². The maximum absolute atomic E-state index is 12.4. The average molecular weight is 674 g/mol. The van der Waals surface area contributed by atoms with Crippen LogP contribution in [0.3, 0.4) is 0 Å². The molecule has 1 amide bonds. The summed E-state index contributed by atoms with van der Waals surface area (Å²) in [6.45, 7) is 4.27. The molecule has 3 N–H and O–H groups in total. The highest BCUT2D eigenvalue weighted by Gasteiger charge is 2.17. The number of amides is 1. The summed E-state index contributed by atoms with van der Waals surface area (Å²) >= 11 is 0. The van der Waals surface area contributed by atoms with E-state index in [1.54, 1.807) is 6.08 Å². The summed E-state index contributed by atoms with van der Waals surface area (Å²) in [6.07, 6.45) is 52.5. The molecule has 4 nitrogen and oxygen atoms in total. The van der Waals surface area contributed by atoms with Crippen molar-refractivity contribution in [3.8, 4) is 0 Å². The molecule has 0 saturated carbocycles. The Bertz CT molecular complexity index is 731. The number of hydrogen-bond acceptors (Lipinski definition) is 3. The molecule has 48 heavy (non-hydrogen) atoms. The van der Waals surface area contributed by atoms with Gasteiger partial charge < -0.3 is 15.5 Å². The molecule has 0 fully saturated rings. The number of allylic oxidation sites excluding steroid dienone is 5. The smallest absolute Gasteiger partial charge is 0.220 e. The van der Waals surface area contributed by atoms with Crippen LogP contribution in [0, 0.1) is 0 Å². The zero-order valence-corrected chi connectivity index (χ0v) is 32.3. The van der Waals surface area contributed by atoms with Crippen molar-refractivity contribution in [2.24, 2.45) is 0 Å². The number of unbranched alkanes of at least 4 members (excludes halogenated alkanes) is 27. The fourth-order valence-electron chi connectivity index (χ4n) is 6.33. The minimum absolute atomic E-state index is 0.0765. The quantitative estimate of drug-likeness (QED) is 0.0451. The Balaban J connectivity index is 3.55. The number of carbonyl (C=O) groups excluding carboxylic acids is 1. The highest BCUT2D eigenvalue weighted by atomic mass is 16.3. The summed E-state index contributed by atoms with van der Waals surface area (Å²) < 4.78 is 0. The molecule has 0 aliphatic rings. The third kappa shape index (κ3) is 35.9. The van der Waals surface area contributed by atoms with E-state index < -0.39 is 12.1 Å². The first-order valence-corrected chi connectivity index (χ1v) is 21.2. The van der Waals surface area contributed by atoms with Gasteiger partial charge in [-0.15, -0.1) is 0 Å². The lowest BCUT2D eigenvalue weighted by Crippen LogP contribution is -2.45. The van der Waals surface area contributed by atoms with E-state index in [1.165, 1.54) is 161 Å². The molecule has 2 unspecified atom stereocenters. The second-order valence-electron chi connectivity index (χ2n) is 14.4. The zero-order chi connectivity index (χ0) is 35.0. The SMILES string of the molecule is CCCCC/C=C/CC/C=C/CC/C=C/C(O)C(CO)NC(=O)CCCCCCCCCCCCCCCCCCCCCCCCC. The number of nitrogens with one attached hydrogen (secondary N) is 1. The number of aliphatic hydroxyl groups is 2. The van der Waals surface area contributed by atoms with Gasteiger partial charge in [0.2, 0.25) is 5.91 Å². The fourth-order valence-corrected chi connectivity index (χ4v) is 6.33. The number of aliphatic hydroxyl groups excluding tert-OH is 2. The molecule has 0 aliphatic heterocycles. The molecule has 2 atom stereocenters. The van der Waals surface area contributed by atoms with Crippen LogP contribution in [0.15, 0.2) is 36.5 Å². The summed E-state index contributed by atoms with van der Waals surface area (Å²) in [4.78, 5) is 12.4. The van der Waals surface area contributed by atoms with Crippen molar-refractivity contribution >= 4 is 5.91 Å². The third-order valence-electron chi connectivity index (χ3n) is 9.60. The predicted octanol–water partition coefficient (Wildman–Crippen LogP) is 13.0. The maximum atomic E-state index is 12.4. The number of hydrogen-bond donors (Lipinski definition) is 3. The third-order valence-corrected chi connectivity index (χ3v) is 9.60. The summed E-state index contributed by atoms with van der Waals surface area (Å²) in [6, 6.07) is -0.641. The van der Waals surface area contributed by atoms with Gasteiger partial charge in [-0.1, -0.05) is 204 Å². The minimum Gasteiger partial charge on any atom is -0.394 e. The van der Waals surface area contributed by atoms with Crippen LogP contribution >= 0.6 is 0 Å². The lowest BCUT2D eigenvalue weighted by molar-refractivity contribution is -0.123. The van der Waals surface area contributed by atoms with Crippen molar-refractivity contribution in [3.05, 3.63) is 36.5 Å². The molecule has 0 heterocycles. The van der Waals surface area contributed by atoms with Gasteiger partial charge in [-0.2, -0.15) is 0 Å². The maximum Gasteiger partial charge on any atom is 0.220 e. The van der Waals surface area contributed by atoms with Gasteiger partial charge in [-0.25, -0.2) is 0 Å². The van der Waals surface area contributed by atoms with Gasteiger partial charge in [0.25, 0.3) is 0 Å². The first kappa shape index (κ1) is 46.6. The lowest BCUT2D eigenvalue weighted by atomic mass is 10.0. The Morgan fingerprint density at radius 1 is 0.479 bits per heavy atom. The van der Waals surface area contributed by atoms with Crippen molar-refractivity contribution in [3.63, 3.8) is 0 Å². The van der Waals surface area contributed by atoms with Crippen LogP contribution in [0.5, 0.6) is 0 Å². The summed E-state index contributed by atoms with van der Waals surface area (Å²) in [5.74, 6) is -0.0765. The molecule has 282 valence electrons. The average Bonchev–Trinajstić information content (AvgIpc) is 3.09. The largest absolute Gasteiger partial charge is 0.394 e. The Morgan fingerprint density at radius 2 is 0.812 bits per heavy atom. The summed E-state index contributed by atoms with van der Waals surface area (Å²) in [5.41, 5.74) is 0. The lowest BCUT2D eigenvalue weighted by Gasteiger charge is -2.19. The molecule has 4 heteroatoms. The van der Waals surface area contributed by atoms with Crippen LogP contribution in [0.25, 0.3) is 0 Å². The number of rotatable bonds is 38. The van der Waals surface area contributed by atoms with Crippen LogP contribution in [0.1, 0.15) is 219 Å². The molecule has 0 aliphatic carbocycles. The van der Waals surface area contributed by atoms with Crippen LogP contribution in [-0.4, -0.2) is 34.9 Å². The van der Waals surface area contributed by atoms with Crippen LogP contribution in [0.2, 0.25) is 0 Å². The molecule has 0 rings (SSSR count). The van der Waals surface area contributed by atoms with Gasteiger partial charge in [0, 0.05) is 6.42 Å². The Kier molecular flexibility index (Phi) is 38.9. The van der Waals surface area contributed by atoms with Gasteiger partial charge in [0.05, 0.1) is 18.8 Å². The van der Waals surface area contributed by atoms with E-state index in [0.717, 1.165) is 38.5 Å². The van der Waals surface area contributed by atoms with E-state index >= 15 is 0 Å². The standard InChI is InChI=1S/C44H83NO3/c1-3-5-7-9-11-13-15-17-18-19-20-21-22-23-24-25-26-28-30-32-34-36-38-40-44(48)45-42(41-46)43(47)39-37-35-33-31-29-27-16-14-12-10-8-6-4-2/h12,14,29,31,37,39,42-43,46-47H,3-11,13,15-28,30,32-36,38,40-41H2,1-2H3,(H,45,48)/b14-12+,31-29+,39-37+. The molecule has 0 saturated heterocycles. The minimum atomic E-state index is -0.866. The second-order valence-corrected chi connectivity index (χ2v) is 14.4. The monoisotopic (exact) mass is 674 g/mol. The molecule has 0 aromatic heterocycles. The molecular weight excluding hydrogens is 590 g/mol. The van der Waals surface area contributed by atoms with E-state index in [1.807, 2.05) is 6.08 Å². The van der Waals surface area contributed by atoms with Crippen molar-refractivity contribution in [2.45, 2.75) is 231 Å². The first-order chi connectivity index (χ1) is 23.7. The Morgan fingerprint density at radius 3 is 1.21 bits per heavy atom. The van der Waals surface area contributed by atoms with Gasteiger partial charge in [-0.05, 0) is 44.9 Å². The fraction of sp³-hybridized carbons (Fsp3) is 0.841. The Labute approximate surface area is 300 Å². The van der Waals surface area contributed by atoms with E-state index in [2.05, 4.69) is 43.5 Å². The van der Waals surface area contributed by atoms with Gasteiger partial charge in [-0.3, -0.25) is 4.79 Å². The molecule has 0 radical (unpaired) electrons. The molecule has 0 aromatic carbocycles. The first-order valence-electron chi connectivity index (χ1n) is 21.2. The van der Waals surface area contributed by atoms with E-state index in [-0.39, 0.29) is 12.5 Å². The second kappa shape index (κ2) is 40.0. The number of carbonyl (C=O) groups is 1.